The van der Waals surface area contributed by atoms with Gasteiger partial charge in [0.15, 0.2) is 0 Å². The van der Waals surface area contributed by atoms with Crippen molar-refractivity contribution >= 4 is 11.8 Å². The van der Waals surface area contributed by atoms with E-state index in [9.17, 15) is 19.1 Å². The van der Waals surface area contributed by atoms with Crippen molar-refractivity contribution in [3.05, 3.63) is 107 Å². The van der Waals surface area contributed by atoms with E-state index in [-0.39, 0.29) is 43.7 Å². The lowest BCUT2D eigenvalue weighted by molar-refractivity contribution is -0.141. The third-order valence-electron chi connectivity index (χ3n) is 5.42. The number of benzene rings is 3. The Bertz CT molecular complexity index is 1010. The van der Waals surface area contributed by atoms with Gasteiger partial charge in [-0.3, -0.25) is 9.59 Å². The molecule has 0 unspecified atom stereocenters. The summed E-state index contributed by atoms with van der Waals surface area (Å²) in [5, 5.41) is 11.9. The number of aliphatic hydroxyl groups excluding tert-OH is 1. The summed E-state index contributed by atoms with van der Waals surface area (Å²) in [6, 6.07) is 24.4. The van der Waals surface area contributed by atoms with Gasteiger partial charge in [-0.15, -0.1) is 0 Å². The Morgan fingerprint density at radius 3 is 2.06 bits per heavy atom. The molecule has 0 saturated carbocycles. The van der Waals surface area contributed by atoms with Crippen molar-refractivity contribution in [3.63, 3.8) is 0 Å². The smallest absolute Gasteiger partial charge is 0.243 e. The van der Waals surface area contributed by atoms with Gasteiger partial charge >= 0.3 is 0 Å². The summed E-state index contributed by atoms with van der Waals surface area (Å²) < 4.78 is 13.4. The summed E-state index contributed by atoms with van der Waals surface area (Å²) in [6.07, 6.45) is 1.12. The highest BCUT2D eigenvalue weighted by Crippen LogP contribution is 2.17. The normalized spacial score (nSPS) is 11.6. The van der Waals surface area contributed by atoms with Crippen molar-refractivity contribution in [2.24, 2.45) is 0 Å². The van der Waals surface area contributed by atoms with Crippen LogP contribution in [0.25, 0.3) is 0 Å². The molecule has 0 aliphatic rings. The maximum atomic E-state index is 13.4. The number of carbonyl (C=O) groups excluding carboxylic acids is 2. The zero-order valence-corrected chi connectivity index (χ0v) is 18.5. The first-order chi connectivity index (χ1) is 16.1. The predicted molar refractivity (Wildman–Crippen MR) is 126 cm³/mol. The molecule has 0 aliphatic heterocycles. The van der Waals surface area contributed by atoms with E-state index < -0.39 is 6.04 Å². The molecule has 5 nitrogen and oxygen atoms in total. The molecule has 0 aromatic heterocycles. The summed E-state index contributed by atoms with van der Waals surface area (Å²) in [5.74, 6) is -0.853. The minimum atomic E-state index is -0.771. The Hall–Kier alpha value is -3.51. The van der Waals surface area contributed by atoms with Gasteiger partial charge in [-0.1, -0.05) is 72.8 Å². The Morgan fingerprint density at radius 1 is 0.848 bits per heavy atom. The van der Waals surface area contributed by atoms with E-state index >= 15 is 0 Å². The maximum absolute atomic E-state index is 13.4. The van der Waals surface area contributed by atoms with Crippen LogP contribution in [0.5, 0.6) is 0 Å². The van der Waals surface area contributed by atoms with Gasteiger partial charge in [0.25, 0.3) is 0 Å². The number of hydrogen-bond donors (Lipinski definition) is 2. The fourth-order valence-electron chi connectivity index (χ4n) is 3.68. The van der Waals surface area contributed by atoms with E-state index in [1.54, 1.807) is 17.0 Å². The molecule has 3 aromatic carbocycles. The van der Waals surface area contributed by atoms with E-state index in [4.69, 9.17) is 0 Å². The van der Waals surface area contributed by atoms with Crippen LogP contribution >= 0.6 is 0 Å². The van der Waals surface area contributed by atoms with E-state index in [2.05, 4.69) is 5.32 Å². The molecule has 2 amide bonds. The number of amides is 2. The van der Waals surface area contributed by atoms with Crippen LogP contribution in [0.2, 0.25) is 0 Å². The van der Waals surface area contributed by atoms with Crippen LogP contribution < -0.4 is 5.32 Å². The van der Waals surface area contributed by atoms with E-state index in [1.165, 1.54) is 12.1 Å². The zero-order valence-electron chi connectivity index (χ0n) is 18.5. The van der Waals surface area contributed by atoms with Crippen molar-refractivity contribution < 1.29 is 19.1 Å². The van der Waals surface area contributed by atoms with Gasteiger partial charge in [0, 0.05) is 25.9 Å². The van der Waals surface area contributed by atoms with Crippen LogP contribution in [0.3, 0.4) is 0 Å². The number of aliphatic hydroxyl groups is 1. The molecule has 0 heterocycles. The van der Waals surface area contributed by atoms with Crippen LogP contribution in [-0.4, -0.2) is 41.0 Å². The van der Waals surface area contributed by atoms with E-state index in [0.717, 1.165) is 16.7 Å². The molecular weight excluding hydrogens is 419 g/mol. The molecule has 33 heavy (non-hydrogen) atoms. The number of hydrogen-bond acceptors (Lipinski definition) is 3. The molecular formula is C27H29FN2O3. The molecule has 3 rings (SSSR count). The third-order valence-corrected chi connectivity index (χ3v) is 5.42. The summed E-state index contributed by atoms with van der Waals surface area (Å²) in [7, 11) is 0. The first-order valence-corrected chi connectivity index (χ1v) is 11.1. The summed E-state index contributed by atoms with van der Waals surface area (Å²) >= 11 is 0. The second kappa shape index (κ2) is 12.5. The maximum Gasteiger partial charge on any atom is 0.243 e. The van der Waals surface area contributed by atoms with Crippen molar-refractivity contribution in [3.8, 4) is 0 Å². The molecule has 1 atom stereocenters. The highest BCUT2D eigenvalue weighted by Gasteiger charge is 2.30. The van der Waals surface area contributed by atoms with Crippen LogP contribution in [0.4, 0.5) is 4.39 Å². The minimum Gasteiger partial charge on any atom is -0.395 e. The summed E-state index contributed by atoms with van der Waals surface area (Å²) in [4.78, 5) is 28.1. The van der Waals surface area contributed by atoms with Crippen molar-refractivity contribution in [2.45, 2.75) is 31.8 Å². The van der Waals surface area contributed by atoms with Crippen LogP contribution in [0.15, 0.2) is 84.9 Å². The Labute approximate surface area is 193 Å². The van der Waals surface area contributed by atoms with Crippen LogP contribution in [0.1, 0.15) is 23.1 Å². The zero-order chi connectivity index (χ0) is 23.5. The lowest BCUT2D eigenvalue weighted by Gasteiger charge is -2.31. The number of nitrogens with zero attached hydrogens (tertiary/aromatic N) is 1. The summed E-state index contributed by atoms with van der Waals surface area (Å²) in [6.45, 7) is 0.0916. The second-order valence-corrected chi connectivity index (χ2v) is 7.85. The van der Waals surface area contributed by atoms with E-state index in [0.29, 0.717) is 12.8 Å². The number of aryl methyl sites for hydroxylation is 1. The van der Waals surface area contributed by atoms with Crippen LogP contribution in [-0.2, 0) is 29.0 Å². The molecule has 0 aliphatic carbocycles. The van der Waals surface area contributed by atoms with Gasteiger partial charge in [-0.25, -0.2) is 4.39 Å². The number of rotatable bonds is 11. The second-order valence-electron chi connectivity index (χ2n) is 7.85. The van der Waals surface area contributed by atoms with Crippen molar-refractivity contribution in [1.82, 2.24) is 10.2 Å². The quantitative estimate of drug-likeness (QED) is 0.472. The van der Waals surface area contributed by atoms with Gasteiger partial charge in [-0.05, 0) is 35.2 Å². The van der Waals surface area contributed by atoms with Gasteiger partial charge < -0.3 is 15.3 Å². The largest absolute Gasteiger partial charge is 0.395 e. The molecule has 0 saturated heterocycles. The monoisotopic (exact) mass is 448 g/mol. The Kier molecular flexibility index (Phi) is 9.15. The molecule has 0 spiro atoms. The molecule has 0 fully saturated rings. The molecule has 6 heteroatoms. The van der Waals surface area contributed by atoms with Gasteiger partial charge in [0.2, 0.25) is 11.8 Å². The lowest BCUT2D eigenvalue weighted by atomic mass is 10.0. The average molecular weight is 449 g/mol. The minimum absolute atomic E-state index is 0.104. The van der Waals surface area contributed by atoms with Gasteiger partial charge in [0.1, 0.15) is 11.9 Å². The SMILES string of the molecule is O=C(NCCO)[C@@H](Cc1ccccc1)N(Cc1ccc(F)cc1)C(=O)CCc1ccccc1. The van der Waals surface area contributed by atoms with Crippen LogP contribution in [0, 0.1) is 5.82 Å². The molecule has 0 bridgehead atoms. The molecule has 0 radical (unpaired) electrons. The standard InChI is InChI=1S/C27H29FN2O3/c28-24-14-11-23(12-15-24)20-30(26(32)16-13-21-7-3-1-4-8-21)25(27(33)29-17-18-31)19-22-9-5-2-6-10-22/h1-12,14-15,25,31H,13,16-20H2,(H,29,33)/t25-/m1/s1. The number of carbonyl (C=O) groups is 2. The average Bonchev–Trinajstić information content (AvgIpc) is 2.85. The fourth-order valence-corrected chi connectivity index (χ4v) is 3.68. The van der Waals surface area contributed by atoms with Gasteiger partial charge in [-0.2, -0.15) is 0 Å². The molecule has 3 aromatic rings. The number of halogens is 1. The molecule has 172 valence electrons. The third kappa shape index (κ3) is 7.54. The van der Waals surface area contributed by atoms with E-state index in [1.807, 2.05) is 60.7 Å². The van der Waals surface area contributed by atoms with Crippen molar-refractivity contribution in [2.75, 3.05) is 13.2 Å². The highest BCUT2D eigenvalue weighted by atomic mass is 19.1. The fraction of sp³-hybridized carbons (Fsp3) is 0.259. The Balaban J connectivity index is 1.87. The topological polar surface area (TPSA) is 69.6 Å². The van der Waals surface area contributed by atoms with Crippen molar-refractivity contribution in [1.29, 1.82) is 0 Å². The van der Waals surface area contributed by atoms with Gasteiger partial charge in [0.05, 0.1) is 6.61 Å². The first-order valence-electron chi connectivity index (χ1n) is 11.1. The molecule has 2 N–H and O–H groups in total. The highest BCUT2D eigenvalue weighted by molar-refractivity contribution is 5.88. The Morgan fingerprint density at radius 2 is 1.45 bits per heavy atom. The first kappa shape index (κ1) is 24.1. The predicted octanol–water partition coefficient (Wildman–Crippen LogP) is 3.51. The lowest BCUT2D eigenvalue weighted by Crippen LogP contribution is -2.51. The summed E-state index contributed by atoms with van der Waals surface area (Å²) in [5.41, 5.74) is 2.69. The number of nitrogens with one attached hydrogen (secondary N) is 1.